The van der Waals surface area contributed by atoms with E-state index in [0.29, 0.717) is 11.5 Å². The Morgan fingerprint density at radius 2 is 2.12 bits per heavy atom. The number of nitrogens with one attached hydrogen (secondary N) is 1. The summed E-state index contributed by atoms with van der Waals surface area (Å²) in [7, 11) is 1.45. The molecule has 2 aromatic carbocycles. The first kappa shape index (κ1) is 15.0. The first-order chi connectivity index (χ1) is 12.1. The lowest BCUT2D eigenvalue weighted by Gasteiger charge is -2.30. The number of nitriles is 1. The Labute approximate surface area is 143 Å². The lowest BCUT2D eigenvalue weighted by Crippen LogP contribution is -2.37. The molecule has 1 aliphatic rings. The fourth-order valence-corrected chi connectivity index (χ4v) is 3.24. The Kier molecular flexibility index (Phi) is 3.32. The van der Waals surface area contributed by atoms with Crippen molar-refractivity contribution in [2.75, 3.05) is 12.4 Å². The molecule has 2 heterocycles. The lowest BCUT2D eigenvalue weighted by atomic mass is 9.91. The molecule has 0 saturated heterocycles. The highest BCUT2D eigenvalue weighted by Gasteiger charge is 2.39. The van der Waals surface area contributed by atoms with E-state index in [0.717, 1.165) is 11.0 Å². The van der Waals surface area contributed by atoms with Gasteiger partial charge in [-0.3, -0.25) is 10.1 Å². The number of benzene rings is 2. The van der Waals surface area contributed by atoms with Gasteiger partial charge in [0.1, 0.15) is 0 Å². The number of ether oxygens (including phenoxy) is 1. The van der Waals surface area contributed by atoms with E-state index in [9.17, 15) is 15.2 Å². The number of carbonyl (C=O) groups excluding carboxylic acids is 1. The molecule has 0 spiro atoms. The highest BCUT2D eigenvalue weighted by atomic mass is 16.5. The van der Waals surface area contributed by atoms with Crippen LogP contribution in [-0.4, -0.2) is 27.7 Å². The number of fused-ring (bicyclic) bond motifs is 3. The van der Waals surface area contributed by atoms with Crippen LogP contribution in [0.2, 0.25) is 0 Å². The zero-order chi connectivity index (χ0) is 17.6. The van der Waals surface area contributed by atoms with Crippen molar-refractivity contribution in [3.63, 3.8) is 0 Å². The second-order valence-electron chi connectivity index (χ2n) is 5.77. The van der Waals surface area contributed by atoms with Crippen molar-refractivity contribution in [1.29, 1.82) is 5.26 Å². The highest BCUT2D eigenvalue weighted by Crippen LogP contribution is 2.40. The number of phenolic OH excluding ortho intramolecular Hbond substituents is 1. The summed E-state index contributed by atoms with van der Waals surface area (Å²) < 4.78 is 7.01. The van der Waals surface area contributed by atoms with Crippen LogP contribution < -0.4 is 10.1 Å². The van der Waals surface area contributed by atoms with E-state index in [1.807, 2.05) is 28.8 Å². The van der Waals surface area contributed by atoms with Gasteiger partial charge in [-0.1, -0.05) is 18.2 Å². The van der Waals surface area contributed by atoms with Crippen LogP contribution in [0.15, 0.2) is 42.5 Å². The number of hydrogen-bond acceptors (Lipinski definition) is 5. The van der Waals surface area contributed by atoms with Crippen molar-refractivity contribution in [1.82, 2.24) is 9.55 Å². The summed E-state index contributed by atoms with van der Waals surface area (Å²) in [6.07, 6.45) is 0. The normalized spacial score (nSPS) is 19.1. The van der Waals surface area contributed by atoms with E-state index < -0.39 is 17.9 Å². The van der Waals surface area contributed by atoms with E-state index in [-0.39, 0.29) is 11.5 Å². The number of phenols is 1. The van der Waals surface area contributed by atoms with E-state index in [1.165, 1.54) is 13.2 Å². The minimum atomic E-state index is -0.931. The highest BCUT2D eigenvalue weighted by molar-refractivity contribution is 5.97. The van der Waals surface area contributed by atoms with Crippen molar-refractivity contribution >= 4 is 22.9 Å². The van der Waals surface area contributed by atoms with Crippen molar-refractivity contribution in [3.8, 4) is 17.6 Å². The van der Waals surface area contributed by atoms with Crippen molar-refractivity contribution in [2.24, 2.45) is 5.92 Å². The van der Waals surface area contributed by atoms with Gasteiger partial charge in [-0.05, 0) is 29.8 Å². The molecule has 0 fully saturated rings. The Balaban J connectivity index is 1.99. The van der Waals surface area contributed by atoms with Crippen LogP contribution in [0.25, 0.3) is 11.0 Å². The second kappa shape index (κ2) is 5.53. The fraction of sp³-hybridized carbons (Fsp3) is 0.167. The molecule has 1 aromatic heterocycles. The van der Waals surface area contributed by atoms with Crippen LogP contribution in [0.4, 0.5) is 5.95 Å². The predicted molar refractivity (Wildman–Crippen MR) is 90.3 cm³/mol. The van der Waals surface area contributed by atoms with Crippen molar-refractivity contribution < 1.29 is 14.6 Å². The van der Waals surface area contributed by atoms with E-state index in [4.69, 9.17) is 4.74 Å². The molecular formula is C18H14N4O3. The molecule has 2 N–H and O–H groups in total. The van der Waals surface area contributed by atoms with Crippen LogP contribution in [0, 0.1) is 17.2 Å². The molecule has 1 aliphatic heterocycles. The minimum Gasteiger partial charge on any atom is -0.504 e. The van der Waals surface area contributed by atoms with Crippen LogP contribution in [-0.2, 0) is 4.79 Å². The number of carbonyl (C=O) groups is 1. The third-order valence-corrected chi connectivity index (χ3v) is 4.39. The predicted octanol–water partition coefficient (Wildman–Crippen LogP) is 2.43. The molecule has 124 valence electrons. The maximum absolute atomic E-state index is 12.4. The maximum Gasteiger partial charge on any atom is 0.246 e. The van der Waals surface area contributed by atoms with Gasteiger partial charge < -0.3 is 14.4 Å². The lowest BCUT2D eigenvalue weighted by molar-refractivity contribution is -0.119. The first-order valence-electron chi connectivity index (χ1n) is 7.68. The minimum absolute atomic E-state index is 0.00395. The quantitative estimate of drug-likeness (QED) is 0.750. The molecule has 2 atom stereocenters. The third kappa shape index (κ3) is 2.19. The standard InChI is InChI=1S/C18H14N4O3/c1-25-15-8-10(6-7-14(15)23)16-11(9-19)17(24)21-18-20-12-4-2-3-5-13(12)22(16)18/h2-8,11,16,23H,1H3,(H,20,21,24)/t11-,16-/m0/s1. The molecule has 0 unspecified atom stereocenters. The second-order valence-corrected chi connectivity index (χ2v) is 5.77. The molecule has 7 heteroatoms. The zero-order valence-electron chi connectivity index (χ0n) is 13.3. The Morgan fingerprint density at radius 1 is 1.32 bits per heavy atom. The molecule has 0 bridgehead atoms. The summed E-state index contributed by atoms with van der Waals surface area (Å²) in [5, 5.41) is 22.1. The summed E-state index contributed by atoms with van der Waals surface area (Å²) in [6.45, 7) is 0. The smallest absolute Gasteiger partial charge is 0.246 e. The molecule has 4 rings (SSSR count). The summed E-state index contributed by atoms with van der Waals surface area (Å²) in [6, 6.07) is 13.8. The SMILES string of the molecule is COc1cc([C@H]2[C@H](C#N)C(=O)Nc3nc4ccccc4n32)ccc1O. The average Bonchev–Trinajstić information content (AvgIpc) is 2.98. The number of methoxy groups -OCH3 is 1. The number of aromatic nitrogens is 2. The van der Waals surface area contributed by atoms with Crippen LogP contribution in [0.5, 0.6) is 11.5 Å². The molecule has 0 aliphatic carbocycles. The topological polar surface area (TPSA) is 100 Å². The third-order valence-electron chi connectivity index (χ3n) is 4.39. The number of rotatable bonds is 2. The molecule has 1 amide bonds. The molecule has 0 saturated carbocycles. The molecular weight excluding hydrogens is 320 g/mol. The number of para-hydroxylation sites is 2. The number of aromatic hydroxyl groups is 1. The first-order valence-corrected chi connectivity index (χ1v) is 7.68. The summed E-state index contributed by atoms with van der Waals surface area (Å²) in [5.41, 5.74) is 2.22. The van der Waals surface area contributed by atoms with Gasteiger partial charge in [0.15, 0.2) is 17.4 Å². The Morgan fingerprint density at radius 3 is 2.88 bits per heavy atom. The van der Waals surface area contributed by atoms with Gasteiger partial charge in [-0.15, -0.1) is 0 Å². The van der Waals surface area contributed by atoms with Gasteiger partial charge in [-0.2, -0.15) is 5.26 Å². The fourth-order valence-electron chi connectivity index (χ4n) is 3.24. The van der Waals surface area contributed by atoms with Crippen LogP contribution in [0.1, 0.15) is 11.6 Å². The molecule has 0 radical (unpaired) electrons. The van der Waals surface area contributed by atoms with Crippen molar-refractivity contribution in [3.05, 3.63) is 48.0 Å². The van der Waals surface area contributed by atoms with Gasteiger partial charge in [0.05, 0.1) is 30.3 Å². The van der Waals surface area contributed by atoms with Gasteiger partial charge in [0.25, 0.3) is 0 Å². The number of imidazole rings is 1. The van der Waals surface area contributed by atoms with Crippen molar-refractivity contribution in [2.45, 2.75) is 6.04 Å². The molecule has 3 aromatic rings. The van der Waals surface area contributed by atoms with Gasteiger partial charge in [0.2, 0.25) is 11.9 Å². The summed E-state index contributed by atoms with van der Waals surface area (Å²) >= 11 is 0. The largest absolute Gasteiger partial charge is 0.504 e. The number of nitrogens with zero attached hydrogens (tertiary/aromatic N) is 3. The van der Waals surface area contributed by atoms with Gasteiger partial charge >= 0.3 is 0 Å². The van der Waals surface area contributed by atoms with E-state index in [2.05, 4.69) is 16.4 Å². The number of anilines is 1. The Hall–Kier alpha value is -3.53. The molecule has 25 heavy (non-hydrogen) atoms. The number of hydrogen-bond donors (Lipinski definition) is 2. The summed E-state index contributed by atoms with van der Waals surface area (Å²) in [5.74, 6) is -0.654. The molecule has 7 nitrogen and oxygen atoms in total. The monoisotopic (exact) mass is 334 g/mol. The maximum atomic E-state index is 12.4. The van der Waals surface area contributed by atoms with Crippen LogP contribution >= 0.6 is 0 Å². The summed E-state index contributed by atoms with van der Waals surface area (Å²) in [4.78, 5) is 16.9. The van der Waals surface area contributed by atoms with Gasteiger partial charge in [-0.25, -0.2) is 4.98 Å². The number of amides is 1. The zero-order valence-corrected chi connectivity index (χ0v) is 13.3. The average molecular weight is 334 g/mol. The van der Waals surface area contributed by atoms with E-state index >= 15 is 0 Å². The van der Waals surface area contributed by atoms with E-state index in [1.54, 1.807) is 12.1 Å². The van der Waals surface area contributed by atoms with Crippen LogP contribution in [0.3, 0.4) is 0 Å². The Bertz CT molecular complexity index is 1030. The van der Waals surface area contributed by atoms with Gasteiger partial charge in [0, 0.05) is 0 Å².